The fourth-order valence-corrected chi connectivity index (χ4v) is 12.8. The third-order valence-electron chi connectivity index (χ3n) is 6.01. The first kappa shape index (κ1) is 40.2. The van der Waals surface area contributed by atoms with E-state index in [1.54, 1.807) is 6.08 Å². The van der Waals surface area contributed by atoms with Crippen LogP contribution in [0.5, 0.6) is 5.75 Å². The molecule has 0 N–H and O–H groups in total. The molecule has 1 aliphatic rings. The van der Waals surface area contributed by atoms with Crippen molar-refractivity contribution in [2.24, 2.45) is 13.5 Å². The average Bonchev–Trinajstić information content (AvgIpc) is 2.92. The van der Waals surface area contributed by atoms with E-state index in [1.165, 1.54) is 0 Å². The number of benzene rings is 1. The number of hydrogen-bond donors (Lipinski definition) is 0. The molecular weight excluding hydrogens is 637 g/mol. The first-order chi connectivity index (χ1) is 21.2. The van der Waals surface area contributed by atoms with Gasteiger partial charge in [-0.2, -0.15) is 0 Å². The predicted molar refractivity (Wildman–Crippen MR) is 188 cm³/mol. The van der Waals surface area contributed by atoms with E-state index in [9.17, 15) is 0 Å². The van der Waals surface area contributed by atoms with Crippen LogP contribution in [0.3, 0.4) is 0 Å². The molecular formula is C28H57N8O6P3. The molecule has 1 aromatic carbocycles. The van der Waals surface area contributed by atoms with Gasteiger partial charge in [-0.05, 0) is 88.2 Å². The highest BCUT2D eigenvalue weighted by atomic mass is 31.3. The molecule has 0 amide bonds. The van der Waals surface area contributed by atoms with Gasteiger partial charge in [0.1, 0.15) is 5.75 Å². The van der Waals surface area contributed by atoms with Crippen molar-refractivity contribution in [3.8, 4) is 5.75 Å². The highest BCUT2D eigenvalue weighted by molar-refractivity contribution is 7.78. The maximum absolute atomic E-state index is 6.68. The Morgan fingerprint density at radius 1 is 0.511 bits per heavy atom. The molecule has 0 spiro atoms. The second-order valence-electron chi connectivity index (χ2n) is 11.8. The van der Waals surface area contributed by atoms with Crippen LogP contribution in [0.25, 0.3) is 6.08 Å². The van der Waals surface area contributed by atoms with Gasteiger partial charge in [0.25, 0.3) is 0 Å². The van der Waals surface area contributed by atoms with Crippen LogP contribution in [0.2, 0.25) is 0 Å². The zero-order valence-corrected chi connectivity index (χ0v) is 31.7. The summed E-state index contributed by atoms with van der Waals surface area (Å²) in [6, 6.07) is 7.54. The Morgan fingerprint density at radius 2 is 0.800 bits per heavy atom. The van der Waals surface area contributed by atoms with Crippen LogP contribution in [-0.2, 0) is 22.6 Å². The second kappa shape index (κ2) is 19.8. The third-order valence-corrected chi connectivity index (χ3v) is 14.5. The predicted octanol–water partition coefficient (Wildman–Crippen LogP) is 5.45. The molecule has 0 saturated carbocycles. The minimum absolute atomic E-state index is 0.295. The highest BCUT2D eigenvalue weighted by Crippen LogP contribution is 2.80. The molecule has 0 fully saturated rings. The zero-order valence-electron chi connectivity index (χ0n) is 29.0. The van der Waals surface area contributed by atoms with Crippen molar-refractivity contribution in [1.29, 1.82) is 0 Å². The molecule has 14 nitrogen and oxygen atoms in total. The van der Waals surface area contributed by atoms with Crippen LogP contribution in [0.4, 0.5) is 0 Å². The lowest BCUT2D eigenvalue weighted by molar-refractivity contribution is 0.192. The van der Waals surface area contributed by atoms with Crippen molar-refractivity contribution < 1.29 is 27.1 Å². The Balaban J connectivity index is 2.86. The summed E-state index contributed by atoms with van der Waals surface area (Å²) in [4.78, 5) is 10.1. The number of rotatable bonds is 23. The third kappa shape index (κ3) is 15.2. The summed E-state index contributed by atoms with van der Waals surface area (Å²) < 4.78 is 54.9. The second-order valence-corrected chi connectivity index (χ2v) is 18.4. The van der Waals surface area contributed by atoms with Crippen molar-refractivity contribution in [3.05, 3.63) is 36.4 Å². The van der Waals surface area contributed by atoms with Crippen molar-refractivity contribution in [2.75, 3.05) is 136 Å². The van der Waals surface area contributed by atoms with Gasteiger partial charge in [-0.1, -0.05) is 24.8 Å². The summed E-state index contributed by atoms with van der Waals surface area (Å²) in [6.07, 6.45) is 1.78. The van der Waals surface area contributed by atoms with E-state index in [0.29, 0.717) is 71.5 Å². The quantitative estimate of drug-likeness (QED) is 0.137. The van der Waals surface area contributed by atoms with Crippen LogP contribution in [-0.4, -0.2) is 161 Å². The van der Waals surface area contributed by atoms with Gasteiger partial charge in [-0.15, -0.1) is 13.5 Å². The van der Waals surface area contributed by atoms with Gasteiger partial charge in [0.05, 0.1) is 33.0 Å². The molecule has 1 atom stereocenters. The van der Waals surface area contributed by atoms with Crippen molar-refractivity contribution in [2.45, 2.75) is 0 Å². The van der Waals surface area contributed by atoms with E-state index in [1.807, 2.05) is 119 Å². The smallest absolute Gasteiger partial charge is 0.402 e. The minimum atomic E-state index is -3.54. The fraction of sp³-hybridized carbons (Fsp3) is 0.714. The molecule has 0 aliphatic carbocycles. The normalized spacial score (nSPS) is 19.2. The Hall–Kier alpha value is -0.950. The largest absolute Gasteiger partial charge is 0.422 e. The van der Waals surface area contributed by atoms with Crippen LogP contribution in [0.1, 0.15) is 5.56 Å². The molecule has 1 unspecified atom stereocenters. The molecule has 0 radical (unpaired) electrons. The van der Waals surface area contributed by atoms with Crippen LogP contribution >= 0.6 is 23.0 Å². The van der Waals surface area contributed by atoms with E-state index in [0.717, 1.165) is 5.56 Å². The maximum atomic E-state index is 6.68. The summed E-state index contributed by atoms with van der Waals surface area (Å²) in [5, 5.41) is 0. The summed E-state index contributed by atoms with van der Waals surface area (Å²) in [5.74, 6) is 0.535. The van der Waals surface area contributed by atoms with Gasteiger partial charge in [-0.3, -0.25) is 4.52 Å². The molecule has 1 aliphatic heterocycles. The number of likely N-dealkylation sites (N-methyl/N-ethyl adjacent to an activating group) is 5. The first-order valence-electron chi connectivity index (χ1n) is 15.0. The molecule has 1 heterocycles. The number of nitrogens with zero attached hydrogens (tertiary/aromatic N) is 8. The minimum Gasteiger partial charge on any atom is -0.422 e. The topological polar surface area (TPSA) is 109 Å². The Morgan fingerprint density at radius 3 is 1.11 bits per heavy atom. The van der Waals surface area contributed by atoms with E-state index in [-0.39, 0.29) is 0 Å². The first-order valence-corrected chi connectivity index (χ1v) is 19.6. The van der Waals surface area contributed by atoms with Crippen LogP contribution < -0.4 is 4.52 Å². The molecule has 260 valence electrons. The molecule has 45 heavy (non-hydrogen) atoms. The average molecular weight is 695 g/mol. The standard InChI is InChI=1S/C28H57N8O6P3/c1-12-27-13-15-28(16-14-27)42-45(41-26-21-36(10)11)30-43(37-22-17-32(2)3,38-23-18-33(4)5)29-44(31-45,39-24-19-34(6)7)40-25-20-35(8)9/h12-16H,1,17-26H2,2-11H3. The van der Waals surface area contributed by atoms with Gasteiger partial charge < -0.3 is 47.1 Å². The monoisotopic (exact) mass is 694 g/mol. The van der Waals surface area contributed by atoms with E-state index < -0.39 is 23.0 Å². The summed E-state index contributed by atoms with van der Waals surface area (Å²) >= 11 is 0. The molecule has 1 aromatic rings. The SMILES string of the molecule is C=Cc1ccc(OP2(OCCN(C)C)=NP(OCCN(C)C)(OCCN(C)C)=NP(OCCN(C)C)(OCCN(C)C)=N2)cc1. The Kier molecular flexibility index (Phi) is 17.7. The molecule has 2 rings (SSSR count). The van der Waals surface area contributed by atoms with Crippen molar-refractivity contribution in [3.63, 3.8) is 0 Å². The highest BCUT2D eigenvalue weighted by Gasteiger charge is 2.44. The van der Waals surface area contributed by atoms with Gasteiger partial charge in [-0.25, -0.2) is 0 Å². The van der Waals surface area contributed by atoms with Crippen LogP contribution in [0.15, 0.2) is 44.4 Å². The molecule has 0 saturated heterocycles. The van der Waals surface area contributed by atoms with Gasteiger partial charge in [0.15, 0.2) is 0 Å². The Bertz CT molecular complexity index is 1130. The van der Waals surface area contributed by atoms with Crippen molar-refractivity contribution in [1.82, 2.24) is 24.5 Å². The van der Waals surface area contributed by atoms with Gasteiger partial charge in [0.2, 0.25) is 0 Å². The molecule has 0 bridgehead atoms. The lowest BCUT2D eigenvalue weighted by Gasteiger charge is -2.34. The summed E-state index contributed by atoms with van der Waals surface area (Å²) in [6.45, 7) is 8.57. The van der Waals surface area contributed by atoms with Gasteiger partial charge >= 0.3 is 23.0 Å². The summed E-state index contributed by atoms with van der Waals surface area (Å²) in [5.41, 5.74) is 0.956. The van der Waals surface area contributed by atoms with Crippen molar-refractivity contribution >= 4 is 29.1 Å². The van der Waals surface area contributed by atoms with E-state index in [4.69, 9.17) is 40.7 Å². The lowest BCUT2D eigenvalue weighted by atomic mass is 10.2. The zero-order chi connectivity index (χ0) is 33.5. The van der Waals surface area contributed by atoms with E-state index in [2.05, 4.69) is 6.58 Å². The lowest BCUT2D eigenvalue weighted by Crippen LogP contribution is -2.21. The summed E-state index contributed by atoms with van der Waals surface area (Å²) in [7, 11) is 9.38. The van der Waals surface area contributed by atoms with Crippen LogP contribution in [0, 0.1) is 0 Å². The Labute approximate surface area is 272 Å². The number of hydrogen-bond acceptors (Lipinski definition) is 14. The molecule has 0 aromatic heterocycles. The van der Waals surface area contributed by atoms with Gasteiger partial charge in [0, 0.05) is 32.7 Å². The van der Waals surface area contributed by atoms with E-state index >= 15 is 0 Å². The fourth-order valence-electron chi connectivity index (χ4n) is 3.39. The maximum Gasteiger partial charge on any atom is 0.402 e. The molecule has 17 heteroatoms.